The molecular formula is C28H36N4O. The topological polar surface area (TPSA) is 55.4 Å². The SMILES string of the molecule is Cc1noc(C)c1-c1ccn2c(NC(C)(C)CC(C)(C)C)c(CCc3ccccc3)nc2c1. The number of nitrogens with zero attached hydrogens (tertiary/aromatic N) is 3. The lowest BCUT2D eigenvalue weighted by Gasteiger charge is -2.34. The number of imidazole rings is 1. The van der Waals surface area contributed by atoms with Gasteiger partial charge in [0.25, 0.3) is 0 Å². The van der Waals surface area contributed by atoms with Crippen LogP contribution in [0, 0.1) is 19.3 Å². The van der Waals surface area contributed by atoms with Crippen molar-refractivity contribution in [1.82, 2.24) is 14.5 Å². The first-order valence-corrected chi connectivity index (χ1v) is 11.8. The Labute approximate surface area is 197 Å². The van der Waals surface area contributed by atoms with Gasteiger partial charge in [0.2, 0.25) is 0 Å². The number of fused-ring (bicyclic) bond motifs is 1. The third-order valence-corrected chi connectivity index (χ3v) is 5.94. The van der Waals surface area contributed by atoms with Crippen molar-refractivity contribution < 1.29 is 4.52 Å². The molecule has 3 heterocycles. The van der Waals surface area contributed by atoms with E-state index in [0.717, 1.165) is 59.0 Å². The minimum atomic E-state index is -0.0734. The summed E-state index contributed by atoms with van der Waals surface area (Å²) in [6.07, 6.45) is 4.99. The van der Waals surface area contributed by atoms with E-state index in [4.69, 9.17) is 9.51 Å². The van der Waals surface area contributed by atoms with Gasteiger partial charge in [-0.05, 0) is 75.6 Å². The Kier molecular flexibility index (Phi) is 6.08. The number of rotatable bonds is 7. The molecule has 33 heavy (non-hydrogen) atoms. The fourth-order valence-electron chi connectivity index (χ4n) is 5.05. The Morgan fingerprint density at radius 3 is 2.33 bits per heavy atom. The van der Waals surface area contributed by atoms with Crippen molar-refractivity contribution >= 4 is 11.5 Å². The van der Waals surface area contributed by atoms with E-state index < -0.39 is 0 Å². The van der Waals surface area contributed by atoms with Crippen LogP contribution in [0.4, 0.5) is 5.82 Å². The van der Waals surface area contributed by atoms with Gasteiger partial charge in [-0.1, -0.05) is 56.3 Å². The second kappa shape index (κ2) is 8.69. The normalized spacial score (nSPS) is 12.5. The van der Waals surface area contributed by atoms with Gasteiger partial charge < -0.3 is 9.84 Å². The van der Waals surface area contributed by atoms with Gasteiger partial charge in [-0.25, -0.2) is 4.98 Å². The monoisotopic (exact) mass is 444 g/mol. The van der Waals surface area contributed by atoms with E-state index in [0.29, 0.717) is 0 Å². The molecule has 0 aliphatic heterocycles. The van der Waals surface area contributed by atoms with Gasteiger partial charge in [-0.2, -0.15) is 0 Å². The predicted molar refractivity (Wildman–Crippen MR) is 136 cm³/mol. The molecule has 0 aliphatic carbocycles. The molecule has 0 unspecified atom stereocenters. The second-order valence-electron chi connectivity index (χ2n) is 11.0. The highest BCUT2D eigenvalue weighted by Crippen LogP contribution is 2.33. The number of nitrogens with one attached hydrogen (secondary N) is 1. The third kappa shape index (κ3) is 5.29. The molecule has 1 N–H and O–H groups in total. The lowest BCUT2D eigenvalue weighted by molar-refractivity contribution is 0.302. The van der Waals surface area contributed by atoms with Crippen LogP contribution in [0.5, 0.6) is 0 Å². The highest BCUT2D eigenvalue weighted by atomic mass is 16.5. The number of aryl methyl sites for hydroxylation is 4. The maximum atomic E-state index is 5.40. The molecule has 0 amide bonds. The second-order valence-corrected chi connectivity index (χ2v) is 11.0. The standard InChI is InChI=1S/C28H36N4O/c1-19-25(20(2)33-31-19)22-15-16-32-24(17-22)29-23(14-13-21-11-9-8-10-12-21)26(32)30-28(6,7)18-27(3,4)5/h8-12,15-17,30H,13-14,18H2,1-7H3. The summed E-state index contributed by atoms with van der Waals surface area (Å²) in [5.74, 6) is 1.91. The molecular weight excluding hydrogens is 408 g/mol. The van der Waals surface area contributed by atoms with Crippen molar-refractivity contribution in [3.8, 4) is 11.1 Å². The molecule has 0 saturated heterocycles. The van der Waals surface area contributed by atoms with E-state index in [1.54, 1.807) is 0 Å². The highest BCUT2D eigenvalue weighted by Gasteiger charge is 2.28. The van der Waals surface area contributed by atoms with Crippen LogP contribution in [-0.2, 0) is 12.8 Å². The molecule has 0 aliphatic rings. The Bertz CT molecular complexity index is 1220. The Balaban J connectivity index is 1.74. The first kappa shape index (κ1) is 23.1. The highest BCUT2D eigenvalue weighted by molar-refractivity contribution is 5.72. The van der Waals surface area contributed by atoms with Crippen molar-refractivity contribution in [2.45, 2.75) is 73.3 Å². The van der Waals surface area contributed by atoms with Crippen LogP contribution in [0.1, 0.15) is 63.8 Å². The summed E-state index contributed by atoms with van der Waals surface area (Å²) >= 11 is 0. The number of hydrogen-bond acceptors (Lipinski definition) is 4. The summed E-state index contributed by atoms with van der Waals surface area (Å²) in [5, 5.41) is 7.98. The zero-order valence-corrected chi connectivity index (χ0v) is 21.0. The summed E-state index contributed by atoms with van der Waals surface area (Å²) in [5.41, 5.74) is 6.53. The van der Waals surface area contributed by atoms with Crippen molar-refractivity contribution in [2.24, 2.45) is 5.41 Å². The molecule has 0 bridgehead atoms. The van der Waals surface area contributed by atoms with Crippen LogP contribution in [0.25, 0.3) is 16.8 Å². The molecule has 0 fully saturated rings. The Morgan fingerprint density at radius 1 is 0.970 bits per heavy atom. The minimum Gasteiger partial charge on any atom is -0.365 e. The maximum Gasteiger partial charge on any atom is 0.141 e. The minimum absolute atomic E-state index is 0.0734. The molecule has 5 nitrogen and oxygen atoms in total. The van der Waals surface area contributed by atoms with E-state index in [2.05, 4.69) is 98.2 Å². The fourth-order valence-corrected chi connectivity index (χ4v) is 5.05. The Hall–Kier alpha value is -3.08. The van der Waals surface area contributed by atoms with Crippen molar-refractivity contribution in [3.05, 3.63) is 71.4 Å². The van der Waals surface area contributed by atoms with Crippen molar-refractivity contribution in [3.63, 3.8) is 0 Å². The summed E-state index contributed by atoms with van der Waals surface area (Å²) in [4.78, 5) is 5.09. The quantitative estimate of drug-likeness (QED) is 0.333. The van der Waals surface area contributed by atoms with E-state index in [1.807, 2.05) is 13.8 Å². The lowest BCUT2D eigenvalue weighted by Crippen LogP contribution is -2.36. The van der Waals surface area contributed by atoms with Crippen LogP contribution in [0.3, 0.4) is 0 Å². The van der Waals surface area contributed by atoms with Crippen molar-refractivity contribution in [1.29, 1.82) is 0 Å². The molecule has 0 saturated carbocycles. The van der Waals surface area contributed by atoms with E-state index >= 15 is 0 Å². The number of pyridine rings is 1. The van der Waals surface area contributed by atoms with Crippen molar-refractivity contribution in [2.75, 3.05) is 5.32 Å². The van der Waals surface area contributed by atoms with Gasteiger partial charge in [0.15, 0.2) is 0 Å². The zero-order chi connectivity index (χ0) is 23.8. The molecule has 1 aromatic carbocycles. The van der Waals surface area contributed by atoms with Gasteiger partial charge in [0, 0.05) is 17.3 Å². The summed E-state index contributed by atoms with van der Waals surface area (Å²) in [6.45, 7) is 15.4. The molecule has 0 spiro atoms. The number of anilines is 1. The summed E-state index contributed by atoms with van der Waals surface area (Å²) in [7, 11) is 0. The lowest BCUT2D eigenvalue weighted by atomic mass is 9.82. The van der Waals surface area contributed by atoms with Gasteiger partial charge in [-0.3, -0.25) is 4.40 Å². The maximum absolute atomic E-state index is 5.40. The zero-order valence-electron chi connectivity index (χ0n) is 21.0. The molecule has 4 rings (SSSR count). The first-order valence-electron chi connectivity index (χ1n) is 11.8. The van der Waals surface area contributed by atoms with Crippen LogP contribution in [0.2, 0.25) is 0 Å². The number of benzene rings is 1. The first-order chi connectivity index (χ1) is 15.5. The fraction of sp³-hybridized carbons (Fsp3) is 0.429. The number of aromatic nitrogens is 3. The molecule has 5 heteroatoms. The summed E-state index contributed by atoms with van der Waals surface area (Å²) in [6, 6.07) is 14.9. The predicted octanol–water partition coefficient (Wildman–Crippen LogP) is 7.02. The molecule has 174 valence electrons. The molecule has 3 aromatic heterocycles. The number of hydrogen-bond donors (Lipinski definition) is 1. The van der Waals surface area contributed by atoms with E-state index in [1.165, 1.54) is 5.56 Å². The van der Waals surface area contributed by atoms with E-state index in [9.17, 15) is 0 Å². The van der Waals surface area contributed by atoms with Gasteiger partial charge in [-0.15, -0.1) is 0 Å². The van der Waals surface area contributed by atoms with Gasteiger partial charge in [0.05, 0.1) is 11.4 Å². The molecule has 0 radical (unpaired) electrons. The average molecular weight is 445 g/mol. The molecule has 0 atom stereocenters. The van der Waals surface area contributed by atoms with Crippen LogP contribution < -0.4 is 5.32 Å². The smallest absolute Gasteiger partial charge is 0.141 e. The van der Waals surface area contributed by atoms with Gasteiger partial charge >= 0.3 is 0 Å². The van der Waals surface area contributed by atoms with Crippen LogP contribution in [0.15, 0.2) is 53.2 Å². The van der Waals surface area contributed by atoms with Crippen LogP contribution in [-0.4, -0.2) is 20.1 Å². The average Bonchev–Trinajstić information content (AvgIpc) is 3.23. The Morgan fingerprint density at radius 2 is 1.70 bits per heavy atom. The van der Waals surface area contributed by atoms with Gasteiger partial charge in [0.1, 0.15) is 17.2 Å². The largest absolute Gasteiger partial charge is 0.365 e. The van der Waals surface area contributed by atoms with E-state index in [-0.39, 0.29) is 11.0 Å². The third-order valence-electron chi connectivity index (χ3n) is 5.94. The van der Waals surface area contributed by atoms with Crippen LogP contribution >= 0.6 is 0 Å². The molecule has 4 aromatic rings. The summed E-state index contributed by atoms with van der Waals surface area (Å²) < 4.78 is 7.59.